The second kappa shape index (κ2) is 8.92. The zero-order valence-corrected chi connectivity index (χ0v) is 16.4. The monoisotopic (exact) mass is 406 g/mol. The van der Waals surface area contributed by atoms with Crippen molar-refractivity contribution >= 4 is 28.8 Å². The Morgan fingerprint density at radius 2 is 1.76 bits per heavy atom. The minimum Gasteiger partial charge on any atom is -0.431 e. The minimum atomic E-state index is -0.261. The Morgan fingerprint density at radius 3 is 2.59 bits per heavy atom. The first-order valence-corrected chi connectivity index (χ1v) is 10.3. The van der Waals surface area contributed by atoms with Gasteiger partial charge in [-0.25, -0.2) is 9.37 Å². The van der Waals surface area contributed by atoms with Gasteiger partial charge in [0.15, 0.2) is 5.58 Å². The fourth-order valence-corrected chi connectivity index (χ4v) is 3.83. The van der Waals surface area contributed by atoms with Crippen molar-refractivity contribution in [2.24, 2.45) is 0 Å². The summed E-state index contributed by atoms with van der Waals surface area (Å²) in [6.07, 6.45) is 0.645. The van der Waals surface area contributed by atoms with Crippen LogP contribution in [-0.4, -0.2) is 17.4 Å². The van der Waals surface area contributed by atoms with Gasteiger partial charge < -0.3 is 9.73 Å². The summed E-state index contributed by atoms with van der Waals surface area (Å²) in [4.78, 5) is 17.1. The number of carbonyl (C=O) groups is 1. The van der Waals surface area contributed by atoms with Crippen LogP contribution in [0.2, 0.25) is 0 Å². The number of nitrogens with zero attached hydrogens (tertiary/aromatic N) is 1. The van der Waals surface area contributed by atoms with Crippen LogP contribution in [-0.2, 0) is 12.2 Å². The third-order valence-corrected chi connectivity index (χ3v) is 5.38. The number of carbonyl (C=O) groups excluding carboxylic acids is 1. The number of hydrogen-bond donors (Lipinski definition) is 1. The van der Waals surface area contributed by atoms with Crippen molar-refractivity contribution in [3.63, 3.8) is 0 Å². The summed E-state index contributed by atoms with van der Waals surface area (Å²) in [5.74, 6) is 0.193. The van der Waals surface area contributed by atoms with Crippen molar-refractivity contribution in [2.75, 3.05) is 6.54 Å². The molecule has 0 radical (unpaired) electrons. The van der Waals surface area contributed by atoms with E-state index in [-0.39, 0.29) is 11.7 Å². The molecule has 1 aromatic heterocycles. The number of thioether (sulfide) groups is 1. The summed E-state index contributed by atoms with van der Waals surface area (Å²) in [6.45, 7) is 0.483. The lowest BCUT2D eigenvalue weighted by atomic mass is 10.1. The van der Waals surface area contributed by atoms with Gasteiger partial charge in [0, 0.05) is 17.9 Å². The van der Waals surface area contributed by atoms with Crippen molar-refractivity contribution in [1.82, 2.24) is 10.3 Å². The molecule has 0 aliphatic rings. The van der Waals surface area contributed by atoms with Gasteiger partial charge in [0.1, 0.15) is 11.3 Å². The maximum atomic E-state index is 13.0. The molecule has 0 bridgehead atoms. The zero-order valence-electron chi connectivity index (χ0n) is 15.6. The van der Waals surface area contributed by atoms with Gasteiger partial charge >= 0.3 is 0 Å². The number of fused-ring (bicyclic) bond motifs is 1. The Kier molecular flexibility index (Phi) is 5.91. The van der Waals surface area contributed by atoms with E-state index in [9.17, 15) is 9.18 Å². The lowest BCUT2D eigenvalue weighted by Crippen LogP contribution is -2.26. The van der Waals surface area contributed by atoms with Crippen molar-refractivity contribution in [3.05, 3.63) is 95.3 Å². The zero-order chi connectivity index (χ0) is 20.1. The quantitative estimate of drug-likeness (QED) is 0.427. The van der Waals surface area contributed by atoms with E-state index in [1.165, 1.54) is 23.9 Å². The fourth-order valence-electron chi connectivity index (χ4n) is 2.99. The topological polar surface area (TPSA) is 55.1 Å². The van der Waals surface area contributed by atoms with Gasteiger partial charge in [-0.3, -0.25) is 4.79 Å². The van der Waals surface area contributed by atoms with Crippen molar-refractivity contribution in [1.29, 1.82) is 0 Å². The first-order chi connectivity index (χ1) is 14.2. The number of aromatic nitrogens is 1. The van der Waals surface area contributed by atoms with E-state index >= 15 is 0 Å². The third-order valence-electron chi connectivity index (χ3n) is 4.50. The number of nitrogens with one attached hydrogen (secondary N) is 1. The van der Waals surface area contributed by atoms with Crippen LogP contribution in [0, 0.1) is 5.82 Å². The summed E-state index contributed by atoms with van der Waals surface area (Å²) in [5, 5.41) is 3.52. The second-order valence-electron chi connectivity index (χ2n) is 6.53. The van der Waals surface area contributed by atoms with Gasteiger partial charge in [-0.1, -0.05) is 54.2 Å². The Morgan fingerprint density at radius 1 is 1.00 bits per heavy atom. The maximum absolute atomic E-state index is 13.0. The average Bonchev–Trinajstić information content (AvgIpc) is 3.17. The smallest absolute Gasteiger partial charge is 0.257 e. The number of halogens is 1. The molecule has 4 rings (SSSR count). The molecular weight excluding hydrogens is 387 g/mol. The van der Waals surface area contributed by atoms with E-state index in [2.05, 4.69) is 10.3 Å². The number of benzene rings is 3. The van der Waals surface area contributed by atoms with Gasteiger partial charge in [0.2, 0.25) is 0 Å². The molecule has 3 aromatic carbocycles. The van der Waals surface area contributed by atoms with Gasteiger partial charge in [-0.05, 0) is 47.9 Å². The van der Waals surface area contributed by atoms with Gasteiger partial charge in [0.05, 0.1) is 0 Å². The first-order valence-electron chi connectivity index (χ1n) is 9.28. The number of para-hydroxylation sites is 2. The molecule has 0 aliphatic heterocycles. The highest BCUT2D eigenvalue weighted by molar-refractivity contribution is 7.98. The van der Waals surface area contributed by atoms with E-state index in [0.29, 0.717) is 29.5 Å². The third kappa shape index (κ3) is 4.84. The molecule has 4 aromatic rings. The molecular formula is C23H19FN2O2S. The Hall–Kier alpha value is -3.12. The molecule has 6 heteroatoms. The van der Waals surface area contributed by atoms with Crippen LogP contribution < -0.4 is 5.32 Å². The van der Waals surface area contributed by atoms with Crippen LogP contribution in [0.25, 0.3) is 11.1 Å². The summed E-state index contributed by atoms with van der Waals surface area (Å²) >= 11 is 1.46. The molecule has 4 nitrogen and oxygen atoms in total. The van der Waals surface area contributed by atoms with Crippen LogP contribution in [0.3, 0.4) is 0 Å². The molecule has 1 N–H and O–H groups in total. The SMILES string of the molecule is O=C(NCCc1ccc(F)cc1)c1ccccc1CSc1nc2ccccc2o1. The molecule has 0 atom stereocenters. The van der Waals surface area contributed by atoms with E-state index < -0.39 is 0 Å². The molecule has 1 heterocycles. The van der Waals surface area contributed by atoms with Crippen LogP contribution in [0.15, 0.2) is 82.4 Å². The highest BCUT2D eigenvalue weighted by atomic mass is 32.2. The van der Waals surface area contributed by atoms with Crippen LogP contribution in [0.1, 0.15) is 21.5 Å². The summed E-state index contributed by atoms with van der Waals surface area (Å²) < 4.78 is 18.7. The molecule has 0 aliphatic carbocycles. The summed E-state index contributed by atoms with van der Waals surface area (Å²) in [6, 6.07) is 21.4. The van der Waals surface area contributed by atoms with Gasteiger partial charge in [-0.15, -0.1) is 0 Å². The molecule has 0 unspecified atom stereocenters. The minimum absolute atomic E-state index is 0.124. The largest absolute Gasteiger partial charge is 0.431 e. The van der Waals surface area contributed by atoms with Crippen LogP contribution >= 0.6 is 11.8 Å². The van der Waals surface area contributed by atoms with Crippen molar-refractivity contribution in [3.8, 4) is 0 Å². The summed E-state index contributed by atoms with van der Waals surface area (Å²) in [7, 11) is 0. The standard InChI is InChI=1S/C23H19FN2O2S/c24-18-11-9-16(10-12-18)13-14-25-22(27)19-6-2-1-5-17(19)15-29-23-26-20-7-3-4-8-21(20)28-23/h1-12H,13-15H2,(H,25,27). The highest BCUT2D eigenvalue weighted by Gasteiger charge is 2.13. The first kappa shape index (κ1) is 19.2. The molecule has 0 saturated carbocycles. The molecule has 0 fully saturated rings. The molecule has 0 saturated heterocycles. The predicted molar refractivity (Wildman–Crippen MR) is 112 cm³/mol. The maximum Gasteiger partial charge on any atom is 0.257 e. The van der Waals surface area contributed by atoms with Crippen LogP contribution in [0.4, 0.5) is 4.39 Å². The van der Waals surface area contributed by atoms with E-state index in [1.54, 1.807) is 12.1 Å². The Bertz CT molecular complexity index is 1090. The van der Waals surface area contributed by atoms with Crippen molar-refractivity contribution in [2.45, 2.75) is 17.4 Å². The Balaban J connectivity index is 1.37. The molecule has 29 heavy (non-hydrogen) atoms. The van der Waals surface area contributed by atoms with Gasteiger partial charge in [0.25, 0.3) is 11.1 Å². The normalized spacial score (nSPS) is 10.9. The highest BCUT2D eigenvalue weighted by Crippen LogP contribution is 2.27. The lowest BCUT2D eigenvalue weighted by molar-refractivity contribution is 0.0953. The number of hydrogen-bond acceptors (Lipinski definition) is 4. The second-order valence-corrected chi connectivity index (χ2v) is 7.45. The van der Waals surface area contributed by atoms with Crippen molar-refractivity contribution < 1.29 is 13.6 Å². The number of rotatable bonds is 7. The van der Waals surface area contributed by atoms with E-state index in [1.807, 2.05) is 48.5 Å². The average molecular weight is 406 g/mol. The van der Waals surface area contributed by atoms with E-state index in [0.717, 1.165) is 22.2 Å². The number of amides is 1. The van der Waals surface area contributed by atoms with E-state index in [4.69, 9.17) is 4.42 Å². The molecule has 0 spiro atoms. The number of oxazole rings is 1. The Labute approximate surface area is 172 Å². The summed E-state index contributed by atoms with van der Waals surface area (Å²) in [5.41, 5.74) is 4.10. The molecule has 1 amide bonds. The predicted octanol–water partition coefficient (Wildman–Crippen LogP) is 5.23. The van der Waals surface area contributed by atoms with Crippen LogP contribution in [0.5, 0.6) is 0 Å². The fraction of sp³-hybridized carbons (Fsp3) is 0.130. The molecule has 146 valence electrons. The van der Waals surface area contributed by atoms with Gasteiger partial charge in [-0.2, -0.15) is 0 Å². The lowest BCUT2D eigenvalue weighted by Gasteiger charge is -2.09.